The molecular weight excluding hydrogens is 170 g/mol. The van der Waals surface area contributed by atoms with Crippen LogP contribution in [0, 0.1) is 5.92 Å². The lowest BCUT2D eigenvalue weighted by Gasteiger charge is -2.24. The summed E-state index contributed by atoms with van der Waals surface area (Å²) in [6.07, 6.45) is 14.8. The van der Waals surface area contributed by atoms with Gasteiger partial charge in [0.05, 0.1) is 0 Å². The van der Waals surface area contributed by atoms with E-state index < -0.39 is 0 Å². The third kappa shape index (κ3) is 2.84. The normalized spacial score (nSPS) is 33.5. The van der Waals surface area contributed by atoms with Crippen LogP contribution >= 0.6 is 0 Å². The molecule has 14 heavy (non-hydrogen) atoms. The highest BCUT2D eigenvalue weighted by atomic mass is 14.6. The van der Waals surface area contributed by atoms with Crippen molar-refractivity contribution in [3.05, 3.63) is 11.6 Å². The van der Waals surface area contributed by atoms with Gasteiger partial charge in [0.25, 0.3) is 0 Å². The SMILES string of the molecule is NC1CCCC(=CC2CCCCC2)C1. The lowest BCUT2D eigenvalue weighted by atomic mass is 9.84. The van der Waals surface area contributed by atoms with E-state index in [2.05, 4.69) is 6.08 Å². The Morgan fingerprint density at radius 3 is 2.50 bits per heavy atom. The molecule has 2 aliphatic carbocycles. The van der Waals surface area contributed by atoms with Crippen molar-refractivity contribution in [1.29, 1.82) is 0 Å². The largest absolute Gasteiger partial charge is 0.327 e. The fourth-order valence-corrected chi connectivity index (χ4v) is 2.92. The van der Waals surface area contributed by atoms with Crippen LogP contribution in [0.1, 0.15) is 57.8 Å². The van der Waals surface area contributed by atoms with Gasteiger partial charge < -0.3 is 5.73 Å². The molecule has 0 aromatic carbocycles. The van der Waals surface area contributed by atoms with Gasteiger partial charge in [-0.15, -0.1) is 0 Å². The molecule has 2 fully saturated rings. The van der Waals surface area contributed by atoms with Crippen LogP contribution in [-0.4, -0.2) is 6.04 Å². The molecule has 1 heteroatoms. The second-order valence-corrected chi connectivity index (χ2v) is 5.08. The van der Waals surface area contributed by atoms with Crippen LogP contribution in [0.15, 0.2) is 11.6 Å². The predicted molar refractivity (Wildman–Crippen MR) is 61.1 cm³/mol. The molecule has 1 unspecified atom stereocenters. The highest BCUT2D eigenvalue weighted by Crippen LogP contribution is 2.29. The quantitative estimate of drug-likeness (QED) is 0.635. The van der Waals surface area contributed by atoms with Crippen LogP contribution in [-0.2, 0) is 0 Å². The van der Waals surface area contributed by atoms with Crippen LogP contribution < -0.4 is 5.73 Å². The molecule has 0 aliphatic heterocycles. The fourth-order valence-electron chi connectivity index (χ4n) is 2.92. The first-order valence-corrected chi connectivity index (χ1v) is 6.30. The maximum Gasteiger partial charge on any atom is 0.00761 e. The van der Waals surface area contributed by atoms with Gasteiger partial charge in [0.15, 0.2) is 0 Å². The van der Waals surface area contributed by atoms with Crippen molar-refractivity contribution < 1.29 is 0 Å². The minimum Gasteiger partial charge on any atom is -0.327 e. The Morgan fingerprint density at radius 2 is 1.79 bits per heavy atom. The summed E-state index contributed by atoms with van der Waals surface area (Å²) in [5.41, 5.74) is 7.65. The lowest BCUT2D eigenvalue weighted by Crippen LogP contribution is -2.24. The first-order chi connectivity index (χ1) is 6.84. The number of hydrogen-bond acceptors (Lipinski definition) is 1. The Kier molecular flexibility index (Phi) is 3.63. The van der Waals surface area contributed by atoms with Crippen LogP contribution in [0.5, 0.6) is 0 Å². The average Bonchev–Trinajstić information content (AvgIpc) is 2.19. The molecular formula is C13H23N. The van der Waals surface area contributed by atoms with E-state index in [1.165, 1.54) is 57.8 Å². The number of nitrogens with two attached hydrogens (primary N) is 1. The number of rotatable bonds is 1. The highest BCUT2D eigenvalue weighted by molar-refractivity contribution is 5.09. The zero-order valence-electron chi connectivity index (χ0n) is 9.17. The molecule has 0 bridgehead atoms. The molecule has 2 aliphatic rings. The summed E-state index contributed by atoms with van der Waals surface area (Å²) >= 11 is 0. The maximum atomic E-state index is 5.99. The summed E-state index contributed by atoms with van der Waals surface area (Å²) in [4.78, 5) is 0. The Hall–Kier alpha value is -0.300. The zero-order chi connectivity index (χ0) is 9.80. The molecule has 2 saturated carbocycles. The van der Waals surface area contributed by atoms with Gasteiger partial charge in [-0.1, -0.05) is 30.9 Å². The lowest BCUT2D eigenvalue weighted by molar-refractivity contribution is 0.412. The summed E-state index contributed by atoms with van der Waals surface area (Å²) in [6, 6.07) is 0.457. The molecule has 2 rings (SSSR count). The highest BCUT2D eigenvalue weighted by Gasteiger charge is 2.16. The van der Waals surface area contributed by atoms with Crippen molar-refractivity contribution in [2.45, 2.75) is 63.8 Å². The summed E-state index contributed by atoms with van der Waals surface area (Å²) < 4.78 is 0. The van der Waals surface area contributed by atoms with Crippen molar-refractivity contribution in [2.24, 2.45) is 11.7 Å². The average molecular weight is 193 g/mol. The van der Waals surface area contributed by atoms with Gasteiger partial charge in [0.1, 0.15) is 0 Å². The minimum atomic E-state index is 0.457. The summed E-state index contributed by atoms with van der Waals surface area (Å²) in [6.45, 7) is 0. The molecule has 0 saturated heterocycles. The van der Waals surface area contributed by atoms with E-state index in [0.29, 0.717) is 6.04 Å². The summed E-state index contributed by atoms with van der Waals surface area (Å²) in [5, 5.41) is 0. The second-order valence-electron chi connectivity index (χ2n) is 5.08. The van der Waals surface area contributed by atoms with Gasteiger partial charge >= 0.3 is 0 Å². The summed E-state index contributed by atoms with van der Waals surface area (Å²) in [5.74, 6) is 0.893. The summed E-state index contributed by atoms with van der Waals surface area (Å²) in [7, 11) is 0. The zero-order valence-corrected chi connectivity index (χ0v) is 9.17. The van der Waals surface area contributed by atoms with Gasteiger partial charge in [-0.3, -0.25) is 0 Å². The second kappa shape index (κ2) is 4.97. The molecule has 2 N–H and O–H groups in total. The van der Waals surface area contributed by atoms with E-state index in [1.807, 2.05) is 0 Å². The molecule has 0 spiro atoms. The molecule has 0 radical (unpaired) electrons. The van der Waals surface area contributed by atoms with Crippen LogP contribution in [0.3, 0.4) is 0 Å². The van der Waals surface area contributed by atoms with E-state index >= 15 is 0 Å². The molecule has 0 amide bonds. The van der Waals surface area contributed by atoms with E-state index in [-0.39, 0.29) is 0 Å². The molecule has 1 atom stereocenters. The van der Waals surface area contributed by atoms with Crippen LogP contribution in [0.25, 0.3) is 0 Å². The topological polar surface area (TPSA) is 26.0 Å². The molecule has 80 valence electrons. The van der Waals surface area contributed by atoms with Gasteiger partial charge in [-0.05, 0) is 44.4 Å². The van der Waals surface area contributed by atoms with Crippen molar-refractivity contribution in [1.82, 2.24) is 0 Å². The van der Waals surface area contributed by atoms with E-state index in [9.17, 15) is 0 Å². The number of hydrogen-bond donors (Lipinski definition) is 1. The minimum absolute atomic E-state index is 0.457. The van der Waals surface area contributed by atoms with Gasteiger partial charge in [0.2, 0.25) is 0 Å². The van der Waals surface area contributed by atoms with E-state index in [1.54, 1.807) is 5.57 Å². The standard InChI is InChI=1S/C13H23N/c14-13-8-4-7-12(10-13)9-11-5-2-1-3-6-11/h9,11,13H,1-8,10,14H2. The maximum absolute atomic E-state index is 5.99. The van der Waals surface area contributed by atoms with Gasteiger partial charge in [-0.2, -0.15) is 0 Å². The smallest absolute Gasteiger partial charge is 0.00761 e. The van der Waals surface area contributed by atoms with E-state index in [0.717, 1.165) is 5.92 Å². The van der Waals surface area contributed by atoms with Crippen molar-refractivity contribution in [2.75, 3.05) is 0 Å². The van der Waals surface area contributed by atoms with Crippen LogP contribution in [0.2, 0.25) is 0 Å². The molecule has 0 aromatic heterocycles. The molecule has 0 heterocycles. The number of allylic oxidation sites excluding steroid dienone is 1. The van der Waals surface area contributed by atoms with Crippen LogP contribution in [0.4, 0.5) is 0 Å². The Balaban J connectivity index is 1.88. The van der Waals surface area contributed by atoms with Crippen molar-refractivity contribution >= 4 is 0 Å². The molecule has 0 aromatic rings. The van der Waals surface area contributed by atoms with Gasteiger partial charge in [-0.25, -0.2) is 0 Å². The predicted octanol–water partition coefficient (Wildman–Crippen LogP) is 3.39. The first kappa shape index (κ1) is 10.2. The van der Waals surface area contributed by atoms with E-state index in [4.69, 9.17) is 5.73 Å². The Morgan fingerprint density at radius 1 is 1.00 bits per heavy atom. The fraction of sp³-hybridized carbons (Fsp3) is 0.846. The first-order valence-electron chi connectivity index (χ1n) is 6.30. The van der Waals surface area contributed by atoms with Crippen molar-refractivity contribution in [3.8, 4) is 0 Å². The third-order valence-corrected chi connectivity index (χ3v) is 3.72. The third-order valence-electron chi connectivity index (χ3n) is 3.72. The van der Waals surface area contributed by atoms with Gasteiger partial charge in [0, 0.05) is 6.04 Å². The molecule has 1 nitrogen and oxygen atoms in total. The monoisotopic (exact) mass is 193 g/mol. The van der Waals surface area contributed by atoms with Crippen molar-refractivity contribution in [3.63, 3.8) is 0 Å². The Bertz CT molecular complexity index is 201. The Labute approximate surface area is 87.8 Å².